The molecule has 1 aliphatic rings. The van der Waals surface area contributed by atoms with Crippen molar-refractivity contribution in [2.45, 2.75) is 18.9 Å². The van der Waals surface area contributed by atoms with Crippen LogP contribution in [0.3, 0.4) is 0 Å². The first-order valence-electron chi connectivity index (χ1n) is 7.90. The molecule has 2 aromatic rings. The average Bonchev–Trinajstić information content (AvgIpc) is 2.62. The summed E-state index contributed by atoms with van der Waals surface area (Å²) in [6, 6.07) is 10.9. The number of halogens is 1. The zero-order valence-corrected chi connectivity index (χ0v) is 13.1. The number of carbonyl (C=O) groups is 2. The van der Waals surface area contributed by atoms with Gasteiger partial charge in [-0.05, 0) is 43.2 Å². The summed E-state index contributed by atoms with van der Waals surface area (Å²) in [6.45, 7) is 1.06. The maximum absolute atomic E-state index is 13.2. The van der Waals surface area contributed by atoms with E-state index in [1.54, 1.807) is 35.4 Å². The summed E-state index contributed by atoms with van der Waals surface area (Å²) < 4.78 is 13.2. The molecule has 2 amide bonds. The lowest BCUT2D eigenvalue weighted by Crippen LogP contribution is -2.46. The molecule has 0 atom stereocenters. The summed E-state index contributed by atoms with van der Waals surface area (Å²) >= 11 is 0. The fourth-order valence-corrected chi connectivity index (χ4v) is 2.79. The minimum atomic E-state index is -0.418. The van der Waals surface area contributed by atoms with E-state index in [-0.39, 0.29) is 17.9 Å². The second-order valence-corrected chi connectivity index (χ2v) is 5.77. The van der Waals surface area contributed by atoms with Crippen LogP contribution in [0.15, 0.2) is 48.7 Å². The lowest BCUT2D eigenvalue weighted by Gasteiger charge is -2.32. The molecule has 1 aromatic heterocycles. The Balaban J connectivity index is 1.54. The van der Waals surface area contributed by atoms with Crippen molar-refractivity contribution in [3.8, 4) is 0 Å². The number of hydrogen-bond donors (Lipinski definition) is 1. The quantitative estimate of drug-likeness (QED) is 0.940. The molecule has 0 saturated carbocycles. The van der Waals surface area contributed by atoms with Gasteiger partial charge < -0.3 is 10.2 Å². The van der Waals surface area contributed by atoms with E-state index in [4.69, 9.17) is 0 Å². The maximum Gasteiger partial charge on any atom is 0.270 e. The van der Waals surface area contributed by atoms with Gasteiger partial charge in [-0.25, -0.2) is 4.39 Å². The summed E-state index contributed by atoms with van der Waals surface area (Å²) in [5, 5.41) is 2.94. The topological polar surface area (TPSA) is 62.3 Å². The van der Waals surface area contributed by atoms with Crippen LogP contribution in [0.2, 0.25) is 0 Å². The van der Waals surface area contributed by atoms with Crippen LogP contribution in [0, 0.1) is 5.82 Å². The van der Waals surface area contributed by atoms with E-state index in [1.165, 1.54) is 18.2 Å². The smallest absolute Gasteiger partial charge is 0.270 e. The molecule has 2 heterocycles. The Labute approximate surface area is 139 Å². The monoisotopic (exact) mass is 327 g/mol. The van der Waals surface area contributed by atoms with E-state index < -0.39 is 5.82 Å². The molecule has 0 aliphatic carbocycles. The number of nitrogens with one attached hydrogen (secondary N) is 1. The van der Waals surface area contributed by atoms with E-state index in [1.807, 2.05) is 0 Å². The van der Waals surface area contributed by atoms with Crippen molar-refractivity contribution in [3.05, 3.63) is 65.7 Å². The maximum atomic E-state index is 13.2. The molecule has 1 aliphatic heterocycles. The van der Waals surface area contributed by atoms with Crippen LogP contribution in [0.5, 0.6) is 0 Å². The molecule has 0 radical (unpaired) electrons. The van der Waals surface area contributed by atoms with Crippen molar-refractivity contribution < 1.29 is 14.0 Å². The van der Waals surface area contributed by atoms with Gasteiger partial charge in [0, 0.05) is 30.9 Å². The van der Waals surface area contributed by atoms with Crippen molar-refractivity contribution in [2.75, 3.05) is 13.1 Å². The van der Waals surface area contributed by atoms with Gasteiger partial charge in [0.1, 0.15) is 11.5 Å². The lowest BCUT2D eigenvalue weighted by atomic mass is 10.0. The van der Waals surface area contributed by atoms with Gasteiger partial charge in [-0.2, -0.15) is 0 Å². The van der Waals surface area contributed by atoms with Crippen molar-refractivity contribution >= 4 is 11.8 Å². The summed E-state index contributed by atoms with van der Waals surface area (Å²) in [7, 11) is 0. The fourth-order valence-electron chi connectivity index (χ4n) is 2.79. The number of nitrogens with zero attached hydrogens (tertiary/aromatic N) is 2. The van der Waals surface area contributed by atoms with E-state index in [9.17, 15) is 14.0 Å². The van der Waals surface area contributed by atoms with Crippen molar-refractivity contribution in [1.29, 1.82) is 0 Å². The third-order valence-corrected chi connectivity index (χ3v) is 4.09. The SMILES string of the molecule is O=C(NC1CCN(C(=O)c2cccc(F)c2)CC1)c1ccccn1. The van der Waals surface area contributed by atoms with Crippen LogP contribution in [0.4, 0.5) is 4.39 Å². The van der Waals surface area contributed by atoms with Crippen LogP contribution in [-0.2, 0) is 0 Å². The van der Waals surface area contributed by atoms with E-state index >= 15 is 0 Å². The molecule has 1 N–H and O–H groups in total. The largest absolute Gasteiger partial charge is 0.348 e. The predicted octanol–water partition coefficient (Wildman–Crippen LogP) is 2.26. The zero-order valence-electron chi connectivity index (χ0n) is 13.1. The van der Waals surface area contributed by atoms with Gasteiger partial charge in [-0.15, -0.1) is 0 Å². The van der Waals surface area contributed by atoms with Crippen LogP contribution < -0.4 is 5.32 Å². The predicted molar refractivity (Wildman–Crippen MR) is 87.0 cm³/mol. The molecule has 1 aromatic carbocycles. The number of carbonyl (C=O) groups excluding carboxylic acids is 2. The summed E-state index contributed by atoms with van der Waals surface area (Å²) in [5.74, 6) is -0.798. The summed E-state index contributed by atoms with van der Waals surface area (Å²) in [4.78, 5) is 30.2. The molecule has 1 saturated heterocycles. The Morgan fingerprint density at radius 2 is 1.92 bits per heavy atom. The van der Waals surface area contributed by atoms with E-state index in [0.29, 0.717) is 37.2 Å². The van der Waals surface area contributed by atoms with Crippen LogP contribution in [0.25, 0.3) is 0 Å². The average molecular weight is 327 g/mol. The third-order valence-electron chi connectivity index (χ3n) is 4.09. The molecule has 0 bridgehead atoms. The van der Waals surface area contributed by atoms with Gasteiger partial charge in [0.25, 0.3) is 11.8 Å². The van der Waals surface area contributed by atoms with Gasteiger partial charge in [0.2, 0.25) is 0 Å². The fraction of sp³-hybridized carbons (Fsp3) is 0.278. The highest BCUT2D eigenvalue weighted by molar-refractivity contribution is 5.94. The second kappa shape index (κ2) is 7.21. The van der Waals surface area contributed by atoms with Gasteiger partial charge >= 0.3 is 0 Å². The first-order chi connectivity index (χ1) is 11.6. The number of aromatic nitrogens is 1. The van der Waals surface area contributed by atoms with Crippen molar-refractivity contribution in [1.82, 2.24) is 15.2 Å². The minimum Gasteiger partial charge on any atom is -0.348 e. The Kier molecular flexibility index (Phi) is 4.84. The van der Waals surface area contributed by atoms with Gasteiger partial charge in [-0.1, -0.05) is 12.1 Å². The zero-order chi connectivity index (χ0) is 16.9. The number of benzene rings is 1. The molecule has 0 spiro atoms. The Hall–Kier alpha value is -2.76. The molecular formula is C18H18FN3O2. The minimum absolute atomic E-state index is 0.0102. The molecular weight excluding hydrogens is 309 g/mol. The first-order valence-corrected chi connectivity index (χ1v) is 7.90. The lowest BCUT2D eigenvalue weighted by molar-refractivity contribution is 0.0697. The first kappa shape index (κ1) is 16.1. The number of pyridine rings is 1. The molecule has 3 rings (SSSR count). The van der Waals surface area contributed by atoms with E-state index in [0.717, 1.165) is 0 Å². The highest BCUT2D eigenvalue weighted by Gasteiger charge is 2.25. The molecule has 24 heavy (non-hydrogen) atoms. The molecule has 6 heteroatoms. The second-order valence-electron chi connectivity index (χ2n) is 5.77. The van der Waals surface area contributed by atoms with Crippen LogP contribution >= 0.6 is 0 Å². The standard InChI is InChI=1S/C18H18FN3O2/c19-14-5-3-4-13(12-14)18(24)22-10-7-15(8-11-22)21-17(23)16-6-1-2-9-20-16/h1-6,9,12,15H,7-8,10-11H2,(H,21,23). The highest BCUT2D eigenvalue weighted by Crippen LogP contribution is 2.15. The summed E-state index contributed by atoms with van der Waals surface area (Å²) in [6.07, 6.45) is 2.91. The van der Waals surface area contributed by atoms with Crippen molar-refractivity contribution in [3.63, 3.8) is 0 Å². The van der Waals surface area contributed by atoms with Gasteiger partial charge in [0.15, 0.2) is 0 Å². The van der Waals surface area contributed by atoms with Crippen LogP contribution in [0.1, 0.15) is 33.7 Å². The molecule has 1 fully saturated rings. The summed E-state index contributed by atoms with van der Waals surface area (Å²) in [5.41, 5.74) is 0.738. The Morgan fingerprint density at radius 1 is 1.12 bits per heavy atom. The molecule has 5 nitrogen and oxygen atoms in total. The third kappa shape index (κ3) is 3.76. The molecule has 0 unspecified atom stereocenters. The number of rotatable bonds is 3. The molecule has 124 valence electrons. The number of piperidine rings is 1. The Bertz CT molecular complexity index is 728. The van der Waals surface area contributed by atoms with Crippen molar-refractivity contribution in [2.24, 2.45) is 0 Å². The van der Waals surface area contributed by atoms with Crippen LogP contribution in [-0.4, -0.2) is 40.8 Å². The highest BCUT2D eigenvalue weighted by atomic mass is 19.1. The van der Waals surface area contributed by atoms with Gasteiger partial charge in [-0.3, -0.25) is 14.6 Å². The number of likely N-dealkylation sites (tertiary alicyclic amines) is 1. The number of amides is 2. The van der Waals surface area contributed by atoms with Gasteiger partial charge in [0.05, 0.1) is 0 Å². The number of hydrogen-bond acceptors (Lipinski definition) is 3. The normalized spacial score (nSPS) is 15.1. The Morgan fingerprint density at radius 3 is 2.58 bits per heavy atom. The van der Waals surface area contributed by atoms with E-state index in [2.05, 4.69) is 10.3 Å².